The second-order valence-corrected chi connectivity index (χ2v) is 5.67. The monoisotopic (exact) mass is 305 g/mol. The van der Waals surface area contributed by atoms with E-state index in [-0.39, 0.29) is 0 Å². The zero-order valence-electron chi connectivity index (χ0n) is 14.1. The third kappa shape index (κ3) is 4.55. The van der Waals surface area contributed by atoms with Gasteiger partial charge in [-0.15, -0.1) is 0 Å². The van der Waals surface area contributed by atoms with Crippen LogP contribution in [0.4, 0.5) is 0 Å². The molecule has 122 valence electrons. The molecule has 1 N–H and O–H groups in total. The lowest BCUT2D eigenvalue weighted by Crippen LogP contribution is -2.38. The van der Waals surface area contributed by atoms with Crippen molar-refractivity contribution in [1.82, 2.24) is 10.2 Å². The number of hydrogen-bond donors (Lipinski definition) is 1. The van der Waals surface area contributed by atoms with Crippen molar-refractivity contribution in [2.75, 3.05) is 34.4 Å². The van der Waals surface area contributed by atoms with Gasteiger partial charge in [0.05, 0.1) is 14.2 Å². The summed E-state index contributed by atoms with van der Waals surface area (Å²) in [5, 5.41) is 3.36. The molecule has 1 aromatic rings. The normalized spacial score (nSPS) is 14.6. The lowest BCUT2D eigenvalue weighted by Gasteiger charge is -2.23. The molecule has 5 nitrogen and oxygen atoms in total. The lowest BCUT2D eigenvalue weighted by molar-refractivity contribution is 0.382. The summed E-state index contributed by atoms with van der Waals surface area (Å²) < 4.78 is 10.7. The predicted octanol–water partition coefficient (Wildman–Crippen LogP) is 2.51. The summed E-state index contributed by atoms with van der Waals surface area (Å²) in [6, 6.07) is 5.91. The first-order valence-corrected chi connectivity index (χ1v) is 7.88. The Kier molecular flexibility index (Phi) is 5.92. The molecule has 1 fully saturated rings. The van der Waals surface area contributed by atoms with Gasteiger partial charge in [0.25, 0.3) is 0 Å². The number of aliphatic imine (C=N–C) groups is 1. The van der Waals surface area contributed by atoms with Gasteiger partial charge in [-0.1, -0.05) is 0 Å². The summed E-state index contributed by atoms with van der Waals surface area (Å²) in [7, 11) is 5.40. The highest BCUT2D eigenvalue weighted by atomic mass is 16.5. The molecule has 0 aliphatic heterocycles. The van der Waals surface area contributed by atoms with E-state index in [1.54, 1.807) is 14.2 Å². The van der Waals surface area contributed by atoms with Crippen molar-refractivity contribution in [1.29, 1.82) is 0 Å². The molecule has 0 bridgehead atoms. The molecule has 0 heterocycles. The van der Waals surface area contributed by atoms with Crippen LogP contribution >= 0.6 is 0 Å². The molecular formula is C17H27N3O2. The number of rotatable bonds is 7. The molecule has 1 saturated carbocycles. The Balaban J connectivity index is 2.07. The molecule has 22 heavy (non-hydrogen) atoms. The summed E-state index contributed by atoms with van der Waals surface area (Å²) in [5.41, 5.74) is 1.11. The van der Waals surface area contributed by atoms with Gasteiger partial charge in [0.15, 0.2) is 5.96 Å². The number of methoxy groups -OCH3 is 2. The minimum atomic E-state index is 0.740. The molecule has 1 aliphatic rings. The van der Waals surface area contributed by atoms with Crippen LogP contribution < -0.4 is 14.8 Å². The summed E-state index contributed by atoms with van der Waals surface area (Å²) in [5.74, 6) is 3.38. The van der Waals surface area contributed by atoms with Crippen LogP contribution in [0.25, 0.3) is 0 Å². The van der Waals surface area contributed by atoms with E-state index in [0.717, 1.165) is 48.6 Å². The maximum atomic E-state index is 5.47. The van der Waals surface area contributed by atoms with Gasteiger partial charge >= 0.3 is 0 Å². The molecule has 1 aliphatic carbocycles. The van der Waals surface area contributed by atoms with Gasteiger partial charge in [-0.25, -0.2) is 0 Å². The molecule has 0 aromatic heterocycles. The van der Waals surface area contributed by atoms with Crippen molar-refractivity contribution in [3.63, 3.8) is 0 Å². The summed E-state index contributed by atoms with van der Waals surface area (Å²) in [4.78, 5) is 6.86. The van der Waals surface area contributed by atoms with Crippen molar-refractivity contribution < 1.29 is 9.47 Å². The van der Waals surface area contributed by atoms with Crippen LogP contribution in [0.15, 0.2) is 23.2 Å². The first-order valence-electron chi connectivity index (χ1n) is 7.88. The number of benzene rings is 1. The zero-order chi connectivity index (χ0) is 15.9. The van der Waals surface area contributed by atoms with Gasteiger partial charge in [0.2, 0.25) is 0 Å². The maximum absolute atomic E-state index is 5.47. The number of hydrogen-bond acceptors (Lipinski definition) is 3. The molecule has 0 atom stereocenters. The van der Waals surface area contributed by atoms with Crippen molar-refractivity contribution in [2.24, 2.45) is 10.9 Å². The van der Waals surface area contributed by atoms with E-state index >= 15 is 0 Å². The fourth-order valence-corrected chi connectivity index (χ4v) is 2.30. The average Bonchev–Trinajstić information content (AvgIpc) is 3.35. The van der Waals surface area contributed by atoms with E-state index < -0.39 is 0 Å². The summed E-state index contributed by atoms with van der Waals surface area (Å²) >= 11 is 0. The Labute approximate surface area is 133 Å². The van der Waals surface area contributed by atoms with E-state index in [1.165, 1.54) is 12.8 Å². The van der Waals surface area contributed by atoms with E-state index in [1.807, 2.05) is 18.2 Å². The van der Waals surface area contributed by atoms with Crippen LogP contribution in [0.2, 0.25) is 0 Å². The van der Waals surface area contributed by atoms with Gasteiger partial charge < -0.3 is 19.7 Å². The Hall–Kier alpha value is -1.91. The molecule has 1 aromatic carbocycles. The van der Waals surface area contributed by atoms with Gasteiger partial charge in [-0.2, -0.15) is 0 Å². The van der Waals surface area contributed by atoms with Crippen LogP contribution in [0.3, 0.4) is 0 Å². The van der Waals surface area contributed by atoms with E-state index in [9.17, 15) is 0 Å². The van der Waals surface area contributed by atoms with Gasteiger partial charge in [-0.3, -0.25) is 4.99 Å². The first kappa shape index (κ1) is 16.5. The molecular weight excluding hydrogens is 278 g/mol. The van der Waals surface area contributed by atoms with E-state index in [2.05, 4.69) is 24.2 Å². The Morgan fingerprint density at radius 2 is 2.09 bits per heavy atom. The number of guanidine groups is 1. The average molecular weight is 305 g/mol. The van der Waals surface area contributed by atoms with Gasteiger partial charge in [0.1, 0.15) is 11.5 Å². The zero-order valence-corrected chi connectivity index (χ0v) is 14.1. The molecule has 0 radical (unpaired) electrons. The summed E-state index contributed by atoms with van der Waals surface area (Å²) in [6.45, 7) is 4.62. The van der Waals surface area contributed by atoms with Crippen LogP contribution in [0.5, 0.6) is 11.5 Å². The van der Waals surface area contributed by atoms with Crippen LogP contribution in [0, 0.1) is 5.92 Å². The Morgan fingerprint density at radius 1 is 1.32 bits per heavy atom. The SMILES string of the molecule is CCNC(=NCC1CC1)N(C)Cc1ccc(OC)cc1OC. The fourth-order valence-electron chi connectivity index (χ4n) is 2.30. The first-order chi connectivity index (χ1) is 10.7. The number of ether oxygens (including phenoxy) is 2. The van der Waals surface area contributed by atoms with Crippen molar-refractivity contribution in [3.8, 4) is 11.5 Å². The van der Waals surface area contributed by atoms with Gasteiger partial charge in [0, 0.05) is 38.3 Å². The number of nitrogens with zero attached hydrogens (tertiary/aromatic N) is 2. The topological polar surface area (TPSA) is 46.1 Å². The van der Waals surface area contributed by atoms with Crippen molar-refractivity contribution in [2.45, 2.75) is 26.3 Å². The molecule has 0 amide bonds. The lowest BCUT2D eigenvalue weighted by atomic mass is 10.2. The smallest absolute Gasteiger partial charge is 0.193 e. The van der Waals surface area contributed by atoms with Crippen LogP contribution in [0.1, 0.15) is 25.3 Å². The largest absolute Gasteiger partial charge is 0.497 e. The molecule has 0 spiro atoms. The predicted molar refractivity (Wildman–Crippen MR) is 89.7 cm³/mol. The Bertz CT molecular complexity index is 513. The van der Waals surface area contributed by atoms with E-state index in [0.29, 0.717) is 0 Å². The van der Waals surface area contributed by atoms with Crippen LogP contribution in [-0.2, 0) is 6.54 Å². The van der Waals surface area contributed by atoms with Crippen molar-refractivity contribution >= 4 is 5.96 Å². The fraction of sp³-hybridized carbons (Fsp3) is 0.588. The van der Waals surface area contributed by atoms with Crippen LogP contribution in [-0.4, -0.2) is 45.2 Å². The summed E-state index contributed by atoms with van der Waals surface area (Å²) in [6.07, 6.45) is 2.64. The van der Waals surface area contributed by atoms with Gasteiger partial charge in [-0.05, 0) is 37.8 Å². The highest BCUT2D eigenvalue weighted by Crippen LogP contribution is 2.29. The minimum absolute atomic E-state index is 0.740. The second-order valence-electron chi connectivity index (χ2n) is 5.67. The highest BCUT2D eigenvalue weighted by Gasteiger charge is 2.21. The Morgan fingerprint density at radius 3 is 2.68 bits per heavy atom. The maximum Gasteiger partial charge on any atom is 0.193 e. The highest BCUT2D eigenvalue weighted by molar-refractivity contribution is 5.79. The molecule has 2 rings (SSSR count). The molecule has 0 unspecified atom stereocenters. The third-order valence-electron chi connectivity index (χ3n) is 3.79. The minimum Gasteiger partial charge on any atom is -0.497 e. The standard InChI is InChI=1S/C17H27N3O2/c1-5-18-17(19-11-13-6-7-13)20(2)12-14-8-9-15(21-3)10-16(14)22-4/h8-10,13H,5-7,11-12H2,1-4H3,(H,18,19). The third-order valence-corrected chi connectivity index (χ3v) is 3.79. The number of nitrogens with one attached hydrogen (secondary N) is 1. The van der Waals surface area contributed by atoms with Crippen molar-refractivity contribution in [3.05, 3.63) is 23.8 Å². The quantitative estimate of drug-likeness (QED) is 0.621. The molecule has 0 saturated heterocycles. The van der Waals surface area contributed by atoms with E-state index in [4.69, 9.17) is 14.5 Å². The second kappa shape index (κ2) is 7.92. The molecule has 5 heteroatoms.